The molecule has 0 unspecified atom stereocenters. The lowest BCUT2D eigenvalue weighted by atomic mass is 10.3. The van der Waals surface area contributed by atoms with Crippen LogP contribution in [0.5, 0.6) is 5.75 Å². The first-order valence-corrected chi connectivity index (χ1v) is 3.30. The lowest BCUT2D eigenvalue weighted by Gasteiger charge is -2.11. The maximum Gasteiger partial charge on any atom is 0.573 e. The Balaban J connectivity index is 3.09. The zero-order valence-corrected chi connectivity index (χ0v) is 6.53. The van der Waals surface area contributed by atoms with Crippen LogP contribution in [0.4, 0.5) is 27.6 Å². The van der Waals surface area contributed by atoms with Gasteiger partial charge in [0.1, 0.15) is 5.82 Å². The van der Waals surface area contributed by atoms with Gasteiger partial charge in [-0.25, -0.2) is 8.78 Å². The lowest BCUT2D eigenvalue weighted by Crippen LogP contribution is -2.19. The fraction of sp³-hybridized carbons (Fsp3) is 0.143. The van der Waals surface area contributed by atoms with Crippen LogP contribution < -0.4 is 10.5 Å². The highest BCUT2D eigenvalue weighted by atomic mass is 19.4. The second-order valence-corrected chi connectivity index (χ2v) is 2.35. The Morgan fingerprint density at radius 2 is 1.71 bits per heavy atom. The van der Waals surface area contributed by atoms with Crippen LogP contribution in [0.3, 0.4) is 0 Å². The van der Waals surface area contributed by atoms with Gasteiger partial charge >= 0.3 is 6.36 Å². The molecule has 0 amide bonds. The summed E-state index contributed by atoms with van der Waals surface area (Å²) in [7, 11) is 0. The van der Waals surface area contributed by atoms with Crippen molar-refractivity contribution in [3.63, 3.8) is 0 Å². The van der Waals surface area contributed by atoms with E-state index < -0.39 is 29.4 Å². The number of benzene rings is 1. The molecule has 0 bridgehead atoms. The third-order valence-corrected chi connectivity index (χ3v) is 1.25. The Morgan fingerprint density at radius 1 is 1.14 bits per heavy atom. The van der Waals surface area contributed by atoms with Crippen molar-refractivity contribution in [1.82, 2.24) is 0 Å². The van der Waals surface area contributed by atoms with E-state index in [-0.39, 0.29) is 6.07 Å². The van der Waals surface area contributed by atoms with Gasteiger partial charge in [-0.3, -0.25) is 0 Å². The number of alkyl halides is 3. The van der Waals surface area contributed by atoms with E-state index in [2.05, 4.69) is 4.74 Å². The van der Waals surface area contributed by atoms with Gasteiger partial charge in [0, 0.05) is 12.1 Å². The number of nitrogen functional groups attached to an aromatic ring is 1. The average molecular weight is 213 g/mol. The van der Waals surface area contributed by atoms with E-state index in [1.54, 1.807) is 0 Å². The Bertz CT molecular complexity index is 325. The fourth-order valence-electron chi connectivity index (χ4n) is 0.804. The second-order valence-electron chi connectivity index (χ2n) is 2.35. The number of hydrogen-bond acceptors (Lipinski definition) is 2. The summed E-state index contributed by atoms with van der Waals surface area (Å²) in [5, 5.41) is 0. The van der Waals surface area contributed by atoms with Crippen molar-refractivity contribution >= 4 is 5.69 Å². The molecule has 0 aromatic heterocycles. The first-order chi connectivity index (χ1) is 6.29. The van der Waals surface area contributed by atoms with Gasteiger partial charge in [0.2, 0.25) is 0 Å². The van der Waals surface area contributed by atoms with Gasteiger partial charge in [0.25, 0.3) is 0 Å². The normalized spacial score (nSPS) is 11.5. The van der Waals surface area contributed by atoms with Gasteiger partial charge in [-0.2, -0.15) is 0 Å². The third-order valence-electron chi connectivity index (χ3n) is 1.25. The summed E-state index contributed by atoms with van der Waals surface area (Å²) in [5.41, 5.74) is 4.17. The number of hydrogen-bond donors (Lipinski definition) is 1. The zero-order chi connectivity index (χ0) is 10.9. The summed E-state index contributed by atoms with van der Waals surface area (Å²) in [5.74, 6) is -3.80. The predicted octanol–water partition coefficient (Wildman–Crippen LogP) is 2.45. The van der Waals surface area contributed by atoms with Crippen LogP contribution in [-0.2, 0) is 0 Å². The van der Waals surface area contributed by atoms with Gasteiger partial charge in [0.05, 0.1) is 5.69 Å². The van der Waals surface area contributed by atoms with E-state index in [1.807, 2.05) is 0 Å². The molecule has 78 valence electrons. The van der Waals surface area contributed by atoms with Crippen molar-refractivity contribution < 1.29 is 26.7 Å². The van der Waals surface area contributed by atoms with Gasteiger partial charge in [-0.15, -0.1) is 13.2 Å². The Labute approximate surface area is 75.1 Å². The van der Waals surface area contributed by atoms with Crippen LogP contribution in [0.2, 0.25) is 0 Å². The number of anilines is 1. The van der Waals surface area contributed by atoms with Crippen LogP contribution >= 0.6 is 0 Å². The second kappa shape index (κ2) is 3.32. The minimum Gasteiger partial charge on any atom is -0.400 e. The first-order valence-electron chi connectivity index (χ1n) is 3.30. The molecule has 7 heteroatoms. The van der Waals surface area contributed by atoms with Gasteiger partial charge in [0.15, 0.2) is 11.6 Å². The molecule has 1 aromatic carbocycles. The molecule has 0 aliphatic carbocycles. The largest absolute Gasteiger partial charge is 0.573 e. The van der Waals surface area contributed by atoms with Crippen LogP contribution in [0.25, 0.3) is 0 Å². The minimum atomic E-state index is -5.06. The predicted molar refractivity (Wildman–Crippen MR) is 37.5 cm³/mol. The lowest BCUT2D eigenvalue weighted by molar-refractivity contribution is -0.275. The quantitative estimate of drug-likeness (QED) is 0.574. The Kier molecular flexibility index (Phi) is 2.50. The van der Waals surface area contributed by atoms with E-state index in [9.17, 15) is 22.0 Å². The molecule has 0 saturated carbocycles. The van der Waals surface area contributed by atoms with Gasteiger partial charge < -0.3 is 10.5 Å². The average Bonchev–Trinajstić information content (AvgIpc) is 1.95. The first kappa shape index (κ1) is 10.6. The van der Waals surface area contributed by atoms with Crippen LogP contribution in [-0.4, -0.2) is 6.36 Å². The standard InChI is InChI=1S/C7H4F5NO/c8-3-1-4(9)6(5(13)2-3)14-7(10,11)12/h1-2H,13H2. The summed E-state index contributed by atoms with van der Waals surface area (Å²) >= 11 is 0. The van der Waals surface area contributed by atoms with Crippen molar-refractivity contribution in [3.8, 4) is 5.75 Å². The topological polar surface area (TPSA) is 35.2 Å². The highest BCUT2D eigenvalue weighted by molar-refractivity contribution is 5.53. The fourth-order valence-corrected chi connectivity index (χ4v) is 0.804. The molecule has 2 nitrogen and oxygen atoms in total. The molecule has 1 rings (SSSR count). The molecule has 1 aromatic rings. The summed E-state index contributed by atoms with van der Waals surface area (Å²) in [6.45, 7) is 0. The Morgan fingerprint density at radius 3 is 2.14 bits per heavy atom. The molecule has 2 N–H and O–H groups in total. The van der Waals surface area contributed by atoms with E-state index in [1.165, 1.54) is 0 Å². The molecule has 0 saturated heterocycles. The van der Waals surface area contributed by atoms with Gasteiger partial charge in [-0.1, -0.05) is 0 Å². The summed E-state index contributed by atoms with van der Waals surface area (Å²) in [6.07, 6.45) is -5.06. The molecular formula is C7H4F5NO. The molecule has 0 heterocycles. The smallest absolute Gasteiger partial charge is 0.400 e. The van der Waals surface area contributed by atoms with E-state index in [0.717, 1.165) is 0 Å². The van der Waals surface area contributed by atoms with Crippen LogP contribution in [0.15, 0.2) is 12.1 Å². The SMILES string of the molecule is Nc1cc(F)cc(F)c1OC(F)(F)F. The number of nitrogens with two attached hydrogens (primary N) is 1. The molecule has 0 aliphatic heterocycles. The Hall–Kier alpha value is -1.53. The number of halogens is 5. The van der Waals surface area contributed by atoms with E-state index in [4.69, 9.17) is 5.73 Å². The molecule has 0 spiro atoms. The maximum absolute atomic E-state index is 12.7. The van der Waals surface area contributed by atoms with Crippen molar-refractivity contribution in [2.75, 3.05) is 5.73 Å². The zero-order valence-electron chi connectivity index (χ0n) is 6.53. The highest BCUT2D eigenvalue weighted by Gasteiger charge is 2.33. The monoisotopic (exact) mass is 213 g/mol. The molecule has 14 heavy (non-hydrogen) atoms. The minimum absolute atomic E-state index is 0.247. The number of ether oxygens (including phenoxy) is 1. The molecular weight excluding hydrogens is 209 g/mol. The van der Waals surface area contributed by atoms with E-state index in [0.29, 0.717) is 6.07 Å². The molecule has 0 aliphatic rings. The van der Waals surface area contributed by atoms with E-state index >= 15 is 0 Å². The van der Waals surface area contributed by atoms with Crippen LogP contribution in [0, 0.1) is 11.6 Å². The highest BCUT2D eigenvalue weighted by Crippen LogP contribution is 2.31. The van der Waals surface area contributed by atoms with Crippen LogP contribution in [0.1, 0.15) is 0 Å². The van der Waals surface area contributed by atoms with Crippen molar-refractivity contribution in [2.24, 2.45) is 0 Å². The molecule has 0 radical (unpaired) electrons. The summed E-state index contributed by atoms with van der Waals surface area (Å²) < 4.78 is 63.3. The van der Waals surface area contributed by atoms with Crippen molar-refractivity contribution in [2.45, 2.75) is 6.36 Å². The molecule has 0 atom stereocenters. The van der Waals surface area contributed by atoms with Crippen molar-refractivity contribution in [3.05, 3.63) is 23.8 Å². The third kappa shape index (κ3) is 2.48. The summed E-state index contributed by atoms with van der Waals surface area (Å²) in [6, 6.07) is 0.779. The van der Waals surface area contributed by atoms with Gasteiger partial charge in [-0.05, 0) is 0 Å². The maximum atomic E-state index is 12.7. The number of rotatable bonds is 1. The van der Waals surface area contributed by atoms with Crippen molar-refractivity contribution in [1.29, 1.82) is 0 Å². The summed E-state index contributed by atoms with van der Waals surface area (Å²) in [4.78, 5) is 0. The molecule has 0 fully saturated rings.